The minimum atomic E-state index is -0.428. The van der Waals surface area contributed by atoms with Gasteiger partial charge in [0.25, 0.3) is 5.91 Å². The molecule has 0 aromatic heterocycles. The summed E-state index contributed by atoms with van der Waals surface area (Å²) in [5.41, 5.74) is 9.72. The van der Waals surface area contributed by atoms with E-state index in [1.165, 1.54) is 11.1 Å². The second-order valence-corrected chi connectivity index (χ2v) is 7.35. The molecule has 0 bridgehead atoms. The van der Waals surface area contributed by atoms with Crippen LogP contribution in [0.3, 0.4) is 0 Å². The largest absolute Gasteiger partial charge is 0.488 e. The van der Waals surface area contributed by atoms with E-state index in [0.29, 0.717) is 24.0 Å². The lowest BCUT2D eigenvalue weighted by molar-refractivity contribution is 0.0996. The molecule has 0 spiro atoms. The molecule has 1 aliphatic rings. The van der Waals surface area contributed by atoms with Gasteiger partial charge in [0.15, 0.2) is 0 Å². The number of carbonyl (C=O) groups excluding carboxylic acids is 1. The molecule has 0 saturated heterocycles. The molecule has 27 heavy (non-hydrogen) atoms. The lowest BCUT2D eigenvalue weighted by Gasteiger charge is -2.27. The summed E-state index contributed by atoms with van der Waals surface area (Å²) in [6, 6.07) is 14.5. The van der Waals surface area contributed by atoms with E-state index in [1.54, 1.807) is 0 Å². The van der Waals surface area contributed by atoms with Crippen molar-refractivity contribution in [1.82, 2.24) is 4.90 Å². The Balaban J connectivity index is 1.80. The summed E-state index contributed by atoms with van der Waals surface area (Å²) in [6.07, 6.45) is 4.31. The maximum Gasteiger partial charge on any atom is 0.252 e. The first kappa shape index (κ1) is 19.4. The van der Waals surface area contributed by atoms with Gasteiger partial charge in [-0.2, -0.15) is 0 Å². The SMILES string of the molecule is CCCN(CCC)C1Cc2cc(OCc3ccccc3)c(C(N)=O)cc2C1. The summed E-state index contributed by atoms with van der Waals surface area (Å²) in [6.45, 7) is 7.12. The number of fused-ring (bicyclic) bond motifs is 1. The number of ether oxygens (including phenoxy) is 1. The maximum absolute atomic E-state index is 12.0. The average molecular weight is 367 g/mol. The normalized spacial score (nSPS) is 15.7. The van der Waals surface area contributed by atoms with Gasteiger partial charge in [-0.1, -0.05) is 44.2 Å². The second-order valence-electron chi connectivity index (χ2n) is 7.35. The predicted molar refractivity (Wildman–Crippen MR) is 109 cm³/mol. The van der Waals surface area contributed by atoms with E-state index in [0.717, 1.165) is 44.3 Å². The van der Waals surface area contributed by atoms with Crippen LogP contribution in [0.1, 0.15) is 53.7 Å². The van der Waals surface area contributed by atoms with Gasteiger partial charge in [-0.25, -0.2) is 0 Å². The molecule has 1 amide bonds. The Labute approximate surface area is 162 Å². The first-order chi connectivity index (χ1) is 13.1. The van der Waals surface area contributed by atoms with Crippen molar-refractivity contribution < 1.29 is 9.53 Å². The average Bonchev–Trinajstić information content (AvgIpc) is 3.09. The van der Waals surface area contributed by atoms with Crippen LogP contribution in [0.4, 0.5) is 0 Å². The third-order valence-corrected chi connectivity index (χ3v) is 5.25. The molecule has 0 aliphatic heterocycles. The van der Waals surface area contributed by atoms with Crippen LogP contribution in [-0.4, -0.2) is 29.9 Å². The molecule has 1 aliphatic carbocycles. The molecule has 1 unspecified atom stereocenters. The van der Waals surface area contributed by atoms with Crippen LogP contribution in [0, 0.1) is 0 Å². The molecule has 4 heteroatoms. The van der Waals surface area contributed by atoms with E-state index in [2.05, 4.69) is 18.7 Å². The van der Waals surface area contributed by atoms with Crippen molar-refractivity contribution in [3.63, 3.8) is 0 Å². The lowest BCUT2D eigenvalue weighted by atomic mass is 10.0. The van der Waals surface area contributed by atoms with Gasteiger partial charge in [-0.3, -0.25) is 9.69 Å². The molecule has 2 aromatic carbocycles. The Bertz CT molecular complexity index is 767. The molecule has 3 rings (SSSR count). The van der Waals surface area contributed by atoms with Gasteiger partial charge in [0.2, 0.25) is 0 Å². The smallest absolute Gasteiger partial charge is 0.252 e. The number of rotatable bonds is 9. The molecule has 0 radical (unpaired) electrons. The molecule has 0 fully saturated rings. The minimum absolute atomic E-state index is 0.428. The molecule has 0 saturated carbocycles. The second kappa shape index (κ2) is 9.05. The molecule has 4 nitrogen and oxygen atoms in total. The van der Waals surface area contributed by atoms with Crippen molar-refractivity contribution >= 4 is 5.91 Å². The predicted octanol–water partition coefficient (Wildman–Crippen LogP) is 3.95. The highest BCUT2D eigenvalue weighted by Gasteiger charge is 2.28. The van der Waals surface area contributed by atoms with Crippen molar-refractivity contribution in [1.29, 1.82) is 0 Å². The Morgan fingerprint density at radius 3 is 2.30 bits per heavy atom. The van der Waals surface area contributed by atoms with E-state index >= 15 is 0 Å². The van der Waals surface area contributed by atoms with Crippen LogP contribution in [0.2, 0.25) is 0 Å². The number of benzene rings is 2. The third-order valence-electron chi connectivity index (χ3n) is 5.25. The van der Waals surface area contributed by atoms with Gasteiger partial charge < -0.3 is 10.5 Å². The van der Waals surface area contributed by atoms with E-state index < -0.39 is 5.91 Å². The number of carbonyl (C=O) groups is 1. The Morgan fingerprint density at radius 1 is 1.07 bits per heavy atom. The van der Waals surface area contributed by atoms with Gasteiger partial charge >= 0.3 is 0 Å². The standard InChI is InChI=1S/C23H30N2O2/c1-3-10-25(11-4-2)20-12-18-14-21(23(24)26)22(15-19(18)13-20)27-16-17-8-6-5-7-9-17/h5-9,14-15,20H,3-4,10-13,16H2,1-2H3,(H2,24,26). The number of hydrogen-bond acceptors (Lipinski definition) is 3. The Morgan fingerprint density at radius 2 is 1.70 bits per heavy atom. The van der Waals surface area contributed by atoms with E-state index in [4.69, 9.17) is 10.5 Å². The van der Waals surface area contributed by atoms with Gasteiger partial charge in [-0.05, 0) is 67.6 Å². The number of amides is 1. The molecule has 144 valence electrons. The van der Waals surface area contributed by atoms with Crippen LogP contribution in [0.15, 0.2) is 42.5 Å². The first-order valence-electron chi connectivity index (χ1n) is 9.98. The maximum atomic E-state index is 12.0. The zero-order chi connectivity index (χ0) is 19.2. The molecule has 2 N–H and O–H groups in total. The number of primary amides is 1. The van der Waals surface area contributed by atoms with Gasteiger partial charge in [0.05, 0.1) is 5.56 Å². The monoisotopic (exact) mass is 366 g/mol. The van der Waals surface area contributed by atoms with Crippen molar-refractivity contribution in [2.75, 3.05) is 13.1 Å². The van der Waals surface area contributed by atoms with Crippen LogP contribution in [0.25, 0.3) is 0 Å². The lowest BCUT2D eigenvalue weighted by Crippen LogP contribution is -2.37. The van der Waals surface area contributed by atoms with Crippen LogP contribution in [0.5, 0.6) is 5.75 Å². The molecule has 2 aromatic rings. The molecule has 1 atom stereocenters. The van der Waals surface area contributed by atoms with E-state index in [-0.39, 0.29) is 0 Å². The summed E-state index contributed by atoms with van der Waals surface area (Å²) in [5.74, 6) is 0.173. The topological polar surface area (TPSA) is 55.6 Å². The summed E-state index contributed by atoms with van der Waals surface area (Å²) in [7, 11) is 0. The fraction of sp³-hybridized carbons (Fsp3) is 0.435. The highest BCUT2D eigenvalue weighted by atomic mass is 16.5. The summed E-state index contributed by atoms with van der Waals surface area (Å²) in [4.78, 5) is 14.6. The van der Waals surface area contributed by atoms with Crippen molar-refractivity contribution in [2.24, 2.45) is 5.73 Å². The quantitative estimate of drug-likeness (QED) is 0.731. The third kappa shape index (κ3) is 4.69. The number of hydrogen-bond donors (Lipinski definition) is 1. The highest BCUT2D eigenvalue weighted by Crippen LogP contribution is 2.32. The van der Waals surface area contributed by atoms with Crippen LogP contribution < -0.4 is 10.5 Å². The fourth-order valence-corrected chi connectivity index (χ4v) is 3.98. The summed E-state index contributed by atoms with van der Waals surface area (Å²) >= 11 is 0. The first-order valence-corrected chi connectivity index (χ1v) is 9.98. The van der Waals surface area contributed by atoms with E-state index in [9.17, 15) is 4.79 Å². The summed E-state index contributed by atoms with van der Waals surface area (Å²) in [5, 5.41) is 0. The van der Waals surface area contributed by atoms with Gasteiger partial charge in [-0.15, -0.1) is 0 Å². The Kier molecular flexibility index (Phi) is 6.51. The van der Waals surface area contributed by atoms with Gasteiger partial charge in [0.1, 0.15) is 12.4 Å². The van der Waals surface area contributed by atoms with Crippen molar-refractivity contribution in [3.8, 4) is 5.75 Å². The minimum Gasteiger partial charge on any atom is -0.488 e. The van der Waals surface area contributed by atoms with Crippen LogP contribution in [-0.2, 0) is 19.4 Å². The van der Waals surface area contributed by atoms with Crippen LogP contribution >= 0.6 is 0 Å². The Hall–Kier alpha value is -2.33. The molecule has 0 heterocycles. The highest BCUT2D eigenvalue weighted by molar-refractivity contribution is 5.96. The van der Waals surface area contributed by atoms with Crippen molar-refractivity contribution in [2.45, 2.75) is 52.2 Å². The molecular weight excluding hydrogens is 336 g/mol. The number of nitrogens with zero attached hydrogens (tertiary/aromatic N) is 1. The summed E-state index contributed by atoms with van der Waals surface area (Å²) < 4.78 is 5.99. The van der Waals surface area contributed by atoms with Gasteiger partial charge in [0, 0.05) is 6.04 Å². The molecular formula is C23H30N2O2. The van der Waals surface area contributed by atoms with Crippen molar-refractivity contribution in [3.05, 3.63) is 64.7 Å². The van der Waals surface area contributed by atoms with E-state index in [1.807, 2.05) is 42.5 Å². The number of nitrogens with two attached hydrogens (primary N) is 1. The zero-order valence-corrected chi connectivity index (χ0v) is 16.4. The zero-order valence-electron chi connectivity index (χ0n) is 16.4. The fourth-order valence-electron chi connectivity index (χ4n) is 3.98.